The molecule has 118 valence electrons. The van der Waals surface area contributed by atoms with Gasteiger partial charge in [-0.05, 0) is 41.7 Å². The van der Waals surface area contributed by atoms with E-state index in [0.29, 0.717) is 0 Å². The van der Waals surface area contributed by atoms with Crippen molar-refractivity contribution in [3.05, 3.63) is 114 Å². The minimum absolute atomic E-state index is 1.23. The molecule has 0 aliphatic carbocycles. The van der Waals surface area contributed by atoms with E-state index in [0.717, 1.165) is 0 Å². The maximum absolute atomic E-state index is 2.21. The molecule has 3 rings (SSSR count). The highest BCUT2D eigenvalue weighted by atomic mass is 14.1. The van der Waals surface area contributed by atoms with E-state index in [4.69, 9.17) is 0 Å². The van der Waals surface area contributed by atoms with Crippen LogP contribution in [0.15, 0.2) is 103 Å². The highest BCUT2D eigenvalue weighted by Crippen LogP contribution is 2.27. The van der Waals surface area contributed by atoms with Gasteiger partial charge in [0, 0.05) is 0 Å². The lowest BCUT2D eigenvalue weighted by Gasteiger charge is -2.09. The monoisotopic (exact) mass is 310 g/mol. The van der Waals surface area contributed by atoms with Gasteiger partial charge in [-0.15, -0.1) is 0 Å². The Morgan fingerprint density at radius 3 is 1.62 bits per heavy atom. The molecule has 0 bridgehead atoms. The molecular weight excluding hydrogens is 288 g/mol. The Morgan fingerprint density at radius 1 is 0.542 bits per heavy atom. The van der Waals surface area contributed by atoms with Gasteiger partial charge in [0.1, 0.15) is 0 Å². The van der Waals surface area contributed by atoms with Crippen LogP contribution in [-0.4, -0.2) is 0 Å². The molecule has 0 aliphatic rings. The summed E-state index contributed by atoms with van der Waals surface area (Å²) in [5, 5.41) is 0. The van der Waals surface area contributed by atoms with Gasteiger partial charge in [0.15, 0.2) is 0 Å². The van der Waals surface area contributed by atoms with Crippen LogP contribution in [0.1, 0.15) is 25.0 Å². The van der Waals surface area contributed by atoms with Crippen LogP contribution in [0.3, 0.4) is 0 Å². The van der Waals surface area contributed by atoms with Gasteiger partial charge in [0.05, 0.1) is 0 Å². The maximum Gasteiger partial charge on any atom is -0.0111 e. The van der Waals surface area contributed by atoms with Crippen LogP contribution in [0, 0.1) is 0 Å². The van der Waals surface area contributed by atoms with E-state index in [1.54, 1.807) is 0 Å². The Labute approximate surface area is 144 Å². The van der Waals surface area contributed by atoms with Gasteiger partial charge in [0.25, 0.3) is 0 Å². The number of hydrogen-bond donors (Lipinski definition) is 0. The molecule has 0 spiro atoms. The van der Waals surface area contributed by atoms with Crippen LogP contribution in [0.4, 0.5) is 0 Å². The van der Waals surface area contributed by atoms with Crippen molar-refractivity contribution < 1.29 is 0 Å². The molecule has 0 fully saturated rings. The standard InChI is InChI=1S/C24H22/c1-19(2)13-18-24(22-11-7-4-8-12-22)23-16-14-21(15-17-23)20-9-5-3-6-10-20/h3-18H,1-2H3/b24-18+. The van der Waals surface area contributed by atoms with Gasteiger partial charge in [-0.2, -0.15) is 0 Å². The lowest BCUT2D eigenvalue weighted by Crippen LogP contribution is -1.88. The average Bonchev–Trinajstić information content (AvgIpc) is 2.64. The fourth-order valence-corrected chi connectivity index (χ4v) is 2.70. The van der Waals surface area contributed by atoms with E-state index < -0.39 is 0 Å². The SMILES string of the molecule is CC(C)=C/C=C(\c1ccccc1)c1ccc(-c2ccccc2)cc1. The first kappa shape index (κ1) is 16.0. The van der Waals surface area contributed by atoms with E-state index in [1.165, 1.54) is 33.4 Å². The zero-order chi connectivity index (χ0) is 16.8. The van der Waals surface area contributed by atoms with Crippen molar-refractivity contribution in [2.24, 2.45) is 0 Å². The topological polar surface area (TPSA) is 0 Å². The molecule has 3 aromatic rings. The molecule has 0 saturated heterocycles. The van der Waals surface area contributed by atoms with Crippen LogP contribution in [-0.2, 0) is 0 Å². The van der Waals surface area contributed by atoms with Gasteiger partial charge >= 0.3 is 0 Å². The van der Waals surface area contributed by atoms with Crippen molar-refractivity contribution in [3.8, 4) is 11.1 Å². The molecule has 0 heterocycles. The summed E-state index contributed by atoms with van der Waals surface area (Å²) >= 11 is 0. The lowest BCUT2D eigenvalue weighted by molar-refractivity contribution is 1.39. The van der Waals surface area contributed by atoms with Gasteiger partial charge in [0.2, 0.25) is 0 Å². The molecule has 0 saturated carbocycles. The average molecular weight is 310 g/mol. The minimum atomic E-state index is 1.23. The summed E-state index contributed by atoms with van der Waals surface area (Å²) in [5.41, 5.74) is 7.51. The molecule has 0 aromatic heterocycles. The highest BCUT2D eigenvalue weighted by Gasteiger charge is 2.05. The first-order chi connectivity index (χ1) is 11.7. The van der Waals surface area contributed by atoms with Gasteiger partial charge in [-0.3, -0.25) is 0 Å². The quantitative estimate of drug-likeness (QED) is 0.467. The molecule has 24 heavy (non-hydrogen) atoms. The third kappa shape index (κ3) is 3.91. The molecule has 0 nitrogen and oxygen atoms in total. The number of rotatable bonds is 4. The Kier molecular flexibility index (Phi) is 5.08. The third-order valence-electron chi connectivity index (χ3n) is 3.97. The Morgan fingerprint density at radius 2 is 1.04 bits per heavy atom. The van der Waals surface area contributed by atoms with Crippen molar-refractivity contribution in [2.75, 3.05) is 0 Å². The minimum Gasteiger partial charge on any atom is -0.0764 e. The maximum atomic E-state index is 2.21. The summed E-state index contributed by atoms with van der Waals surface area (Å²) in [7, 11) is 0. The predicted molar refractivity (Wildman–Crippen MR) is 105 cm³/mol. The van der Waals surface area contributed by atoms with Crippen LogP contribution in [0.2, 0.25) is 0 Å². The van der Waals surface area contributed by atoms with Crippen molar-refractivity contribution in [3.63, 3.8) is 0 Å². The summed E-state index contributed by atoms with van der Waals surface area (Å²) in [6.45, 7) is 4.25. The predicted octanol–water partition coefficient (Wildman–Crippen LogP) is 6.75. The summed E-state index contributed by atoms with van der Waals surface area (Å²) < 4.78 is 0. The van der Waals surface area contributed by atoms with Gasteiger partial charge in [-0.1, -0.05) is 103 Å². The van der Waals surface area contributed by atoms with Crippen molar-refractivity contribution in [2.45, 2.75) is 13.8 Å². The van der Waals surface area contributed by atoms with E-state index >= 15 is 0 Å². The molecule has 0 heteroatoms. The number of allylic oxidation sites excluding steroid dienone is 3. The first-order valence-electron chi connectivity index (χ1n) is 8.30. The van der Waals surface area contributed by atoms with Gasteiger partial charge < -0.3 is 0 Å². The van der Waals surface area contributed by atoms with E-state index in [1.807, 2.05) is 6.07 Å². The van der Waals surface area contributed by atoms with E-state index in [-0.39, 0.29) is 0 Å². The summed E-state index contributed by atoms with van der Waals surface area (Å²) in [5.74, 6) is 0. The summed E-state index contributed by atoms with van der Waals surface area (Å²) in [6, 6.07) is 29.9. The zero-order valence-corrected chi connectivity index (χ0v) is 14.2. The smallest absolute Gasteiger partial charge is 0.0111 e. The van der Waals surface area contributed by atoms with Crippen molar-refractivity contribution in [1.29, 1.82) is 0 Å². The van der Waals surface area contributed by atoms with Crippen molar-refractivity contribution >= 4 is 5.57 Å². The first-order valence-corrected chi connectivity index (χ1v) is 8.30. The summed E-state index contributed by atoms with van der Waals surface area (Å²) in [4.78, 5) is 0. The molecular formula is C24H22. The fourth-order valence-electron chi connectivity index (χ4n) is 2.70. The zero-order valence-electron chi connectivity index (χ0n) is 14.2. The van der Waals surface area contributed by atoms with Crippen LogP contribution < -0.4 is 0 Å². The Balaban J connectivity index is 2.00. The second-order valence-electron chi connectivity index (χ2n) is 6.13. The molecule has 0 radical (unpaired) electrons. The highest BCUT2D eigenvalue weighted by molar-refractivity contribution is 5.82. The molecule has 0 N–H and O–H groups in total. The second kappa shape index (κ2) is 7.61. The molecule has 3 aromatic carbocycles. The fraction of sp³-hybridized carbons (Fsp3) is 0.0833. The molecule has 0 aliphatic heterocycles. The number of hydrogen-bond acceptors (Lipinski definition) is 0. The van der Waals surface area contributed by atoms with E-state index in [9.17, 15) is 0 Å². The van der Waals surface area contributed by atoms with Gasteiger partial charge in [-0.25, -0.2) is 0 Å². The normalized spacial score (nSPS) is 11.2. The lowest BCUT2D eigenvalue weighted by atomic mass is 9.95. The Hall–Kier alpha value is -2.86. The molecule has 0 amide bonds. The number of benzene rings is 3. The van der Waals surface area contributed by atoms with Crippen molar-refractivity contribution in [1.82, 2.24) is 0 Å². The largest absolute Gasteiger partial charge is 0.0764 e. The van der Waals surface area contributed by atoms with Crippen LogP contribution >= 0.6 is 0 Å². The molecule has 0 atom stereocenters. The molecule has 0 unspecified atom stereocenters. The van der Waals surface area contributed by atoms with E-state index in [2.05, 4.69) is 105 Å². The van der Waals surface area contributed by atoms with Crippen LogP contribution in [0.5, 0.6) is 0 Å². The Bertz CT molecular complexity index is 832. The van der Waals surface area contributed by atoms with Crippen LogP contribution in [0.25, 0.3) is 16.7 Å². The third-order valence-corrected chi connectivity index (χ3v) is 3.97. The summed E-state index contributed by atoms with van der Waals surface area (Å²) in [6.07, 6.45) is 4.38. The second-order valence-corrected chi connectivity index (χ2v) is 6.13.